The maximum Gasteiger partial charge on any atom is 0.119 e. The molecule has 19 heavy (non-hydrogen) atoms. The molecular weight excluding hydrogens is 234 g/mol. The summed E-state index contributed by atoms with van der Waals surface area (Å²) in [6.45, 7) is 1.06. The zero-order chi connectivity index (χ0) is 13.1. The van der Waals surface area contributed by atoms with Crippen LogP contribution < -0.4 is 10.1 Å². The van der Waals surface area contributed by atoms with Crippen molar-refractivity contribution < 1.29 is 4.74 Å². The van der Waals surface area contributed by atoms with Gasteiger partial charge in [-0.25, -0.2) is 0 Å². The lowest BCUT2D eigenvalue weighted by molar-refractivity contribution is 0.414. The standard InChI is InChI=1S/C17H19NO/c1-19-15-6-4-5-13(12-15)11-14-9-10-18-17-8-3-2-7-16(14)17/h2-8,12,14,18H,9-11H2,1H3. The predicted octanol–water partition coefficient (Wildman–Crippen LogP) is 3.84. The molecule has 0 fully saturated rings. The summed E-state index contributed by atoms with van der Waals surface area (Å²) in [6, 6.07) is 17.0. The lowest BCUT2D eigenvalue weighted by atomic mass is 9.86. The van der Waals surface area contributed by atoms with Gasteiger partial charge in [0.05, 0.1) is 7.11 Å². The van der Waals surface area contributed by atoms with Gasteiger partial charge in [-0.05, 0) is 48.1 Å². The molecule has 2 nitrogen and oxygen atoms in total. The maximum absolute atomic E-state index is 5.30. The second-order valence-electron chi connectivity index (χ2n) is 5.06. The Bertz CT molecular complexity index is 565. The van der Waals surface area contributed by atoms with E-state index in [2.05, 4.69) is 47.8 Å². The summed E-state index contributed by atoms with van der Waals surface area (Å²) in [4.78, 5) is 0. The van der Waals surface area contributed by atoms with E-state index < -0.39 is 0 Å². The Labute approximate surface area is 114 Å². The van der Waals surface area contributed by atoms with Gasteiger partial charge in [-0.3, -0.25) is 0 Å². The van der Waals surface area contributed by atoms with Crippen molar-refractivity contribution in [1.82, 2.24) is 0 Å². The molecule has 3 rings (SSSR count). The number of nitrogens with one attached hydrogen (secondary N) is 1. The monoisotopic (exact) mass is 253 g/mol. The molecular formula is C17H19NO. The van der Waals surface area contributed by atoms with Gasteiger partial charge in [0.2, 0.25) is 0 Å². The third-order valence-corrected chi connectivity index (χ3v) is 3.83. The molecule has 0 aromatic heterocycles. The highest BCUT2D eigenvalue weighted by atomic mass is 16.5. The van der Waals surface area contributed by atoms with Crippen LogP contribution in [-0.4, -0.2) is 13.7 Å². The summed E-state index contributed by atoms with van der Waals surface area (Å²) in [5.41, 5.74) is 4.08. The fourth-order valence-corrected chi connectivity index (χ4v) is 2.85. The quantitative estimate of drug-likeness (QED) is 0.897. The Kier molecular flexibility index (Phi) is 3.41. The Hall–Kier alpha value is -1.96. The normalized spacial score (nSPS) is 17.4. The molecule has 1 unspecified atom stereocenters. The van der Waals surface area contributed by atoms with Gasteiger partial charge < -0.3 is 10.1 Å². The van der Waals surface area contributed by atoms with Crippen LogP contribution in [0.25, 0.3) is 0 Å². The summed E-state index contributed by atoms with van der Waals surface area (Å²) < 4.78 is 5.30. The zero-order valence-corrected chi connectivity index (χ0v) is 11.2. The van der Waals surface area contributed by atoms with Crippen molar-refractivity contribution in [1.29, 1.82) is 0 Å². The van der Waals surface area contributed by atoms with Crippen LogP contribution in [0.15, 0.2) is 48.5 Å². The summed E-state index contributed by atoms with van der Waals surface area (Å²) in [5.74, 6) is 1.55. The van der Waals surface area contributed by atoms with E-state index in [1.54, 1.807) is 7.11 Å². The van der Waals surface area contributed by atoms with E-state index in [1.165, 1.54) is 23.2 Å². The number of para-hydroxylation sites is 1. The summed E-state index contributed by atoms with van der Waals surface area (Å²) in [5, 5.41) is 3.48. The van der Waals surface area contributed by atoms with Crippen LogP contribution in [0.2, 0.25) is 0 Å². The molecule has 1 heterocycles. The van der Waals surface area contributed by atoms with E-state index in [0.29, 0.717) is 5.92 Å². The first-order chi connectivity index (χ1) is 9.36. The van der Waals surface area contributed by atoms with Crippen molar-refractivity contribution in [3.63, 3.8) is 0 Å². The van der Waals surface area contributed by atoms with Crippen LogP contribution in [0, 0.1) is 0 Å². The van der Waals surface area contributed by atoms with E-state index in [4.69, 9.17) is 4.74 Å². The molecule has 2 aromatic carbocycles. The highest BCUT2D eigenvalue weighted by Crippen LogP contribution is 2.34. The molecule has 0 saturated carbocycles. The maximum atomic E-state index is 5.30. The Morgan fingerprint density at radius 1 is 1.16 bits per heavy atom. The molecule has 1 aliphatic rings. The first-order valence-electron chi connectivity index (χ1n) is 6.82. The topological polar surface area (TPSA) is 21.3 Å². The van der Waals surface area contributed by atoms with E-state index >= 15 is 0 Å². The van der Waals surface area contributed by atoms with Gasteiger partial charge in [0, 0.05) is 12.2 Å². The minimum Gasteiger partial charge on any atom is -0.497 e. The minimum atomic E-state index is 0.601. The van der Waals surface area contributed by atoms with Crippen molar-refractivity contribution in [3.05, 3.63) is 59.7 Å². The van der Waals surface area contributed by atoms with E-state index in [1.807, 2.05) is 6.07 Å². The van der Waals surface area contributed by atoms with Crippen LogP contribution in [0.4, 0.5) is 5.69 Å². The molecule has 1 N–H and O–H groups in total. The van der Waals surface area contributed by atoms with Gasteiger partial charge in [-0.15, -0.1) is 0 Å². The van der Waals surface area contributed by atoms with Crippen LogP contribution >= 0.6 is 0 Å². The number of fused-ring (bicyclic) bond motifs is 1. The highest BCUT2D eigenvalue weighted by molar-refractivity contribution is 5.55. The lowest BCUT2D eigenvalue weighted by Crippen LogP contribution is -2.18. The summed E-state index contributed by atoms with van der Waals surface area (Å²) in [6.07, 6.45) is 2.27. The van der Waals surface area contributed by atoms with E-state index in [-0.39, 0.29) is 0 Å². The number of hydrogen-bond donors (Lipinski definition) is 1. The van der Waals surface area contributed by atoms with Gasteiger partial charge in [0.15, 0.2) is 0 Å². The average Bonchev–Trinajstić information content (AvgIpc) is 2.48. The van der Waals surface area contributed by atoms with E-state index in [9.17, 15) is 0 Å². The first kappa shape index (κ1) is 12.1. The molecule has 0 spiro atoms. The van der Waals surface area contributed by atoms with Crippen LogP contribution in [0.3, 0.4) is 0 Å². The molecule has 0 bridgehead atoms. The third-order valence-electron chi connectivity index (χ3n) is 3.83. The zero-order valence-electron chi connectivity index (χ0n) is 11.2. The van der Waals surface area contributed by atoms with Crippen molar-refractivity contribution in [2.75, 3.05) is 19.0 Å². The lowest BCUT2D eigenvalue weighted by Gasteiger charge is -2.26. The summed E-state index contributed by atoms with van der Waals surface area (Å²) in [7, 11) is 1.72. The van der Waals surface area contributed by atoms with Crippen molar-refractivity contribution in [2.24, 2.45) is 0 Å². The Morgan fingerprint density at radius 3 is 2.95 bits per heavy atom. The van der Waals surface area contributed by atoms with Crippen molar-refractivity contribution in [3.8, 4) is 5.75 Å². The smallest absolute Gasteiger partial charge is 0.119 e. The molecule has 1 aliphatic heterocycles. The highest BCUT2D eigenvalue weighted by Gasteiger charge is 2.19. The second-order valence-corrected chi connectivity index (χ2v) is 5.06. The first-order valence-corrected chi connectivity index (χ1v) is 6.82. The average molecular weight is 253 g/mol. The van der Waals surface area contributed by atoms with Crippen LogP contribution in [0.1, 0.15) is 23.5 Å². The Morgan fingerprint density at radius 2 is 2.05 bits per heavy atom. The molecule has 0 amide bonds. The largest absolute Gasteiger partial charge is 0.497 e. The fourth-order valence-electron chi connectivity index (χ4n) is 2.85. The molecule has 2 heteroatoms. The van der Waals surface area contributed by atoms with Gasteiger partial charge in [0.1, 0.15) is 5.75 Å². The predicted molar refractivity (Wildman–Crippen MR) is 79.0 cm³/mol. The number of ether oxygens (including phenoxy) is 1. The van der Waals surface area contributed by atoms with Crippen molar-refractivity contribution >= 4 is 5.69 Å². The molecule has 1 atom stereocenters. The number of methoxy groups -OCH3 is 1. The molecule has 0 radical (unpaired) electrons. The number of rotatable bonds is 3. The molecule has 98 valence electrons. The Balaban J connectivity index is 1.84. The van der Waals surface area contributed by atoms with Gasteiger partial charge in [-0.2, -0.15) is 0 Å². The van der Waals surface area contributed by atoms with Gasteiger partial charge >= 0.3 is 0 Å². The minimum absolute atomic E-state index is 0.601. The molecule has 0 aliphatic carbocycles. The molecule has 2 aromatic rings. The van der Waals surface area contributed by atoms with Crippen molar-refractivity contribution in [2.45, 2.75) is 18.8 Å². The number of benzene rings is 2. The summed E-state index contributed by atoms with van der Waals surface area (Å²) >= 11 is 0. The third kappa shape index (κ3) is 2.58. The second kappa shape index (κ2) is 5.35. The van der Waals surface area contributed by atoms with Gasteiger partial charge in [-0.1, -0.05) is 30.3 Å². The number of hydrogen-bond acceptors (Lipinski definition) is 2. The number of anilines is 1. The van der Waals surface area contributed by atoms with Crippen LogP contribution in [0.5, 0.6) is 5.75 Å². The van der Waals surface area contributed by atoms with Crippen LogP contribution in [-0.2, 0) is 6.42 Å². The SMILES string of the molecule is COc1cccc(CC2CCNc3ccccc32)c1. The van der Waals surface area contributed by atoms with Gasteiger partial charge in [0.25, 0.3) is 0 Å². The fraction of sp³-hybridized carbons (Fsp3) is 0.294. The molecule has 0 saturated heterocycles. The van der Waals surface area contributed by atoms with E-state index in [0.717, 1.165) is 18.7 Å².